The first kappa shape index (κ1) is 20.5. The van der Waals surface area contributed by atoms with E-state index in [1.807, 2.05) is 0 Å². The number of hydrogen-bond acceptors (Lipinski definition) is 6. The molecule has 0 unspecified atom stereocenters. The van der Waals surface area contributed by atoms with E-state index >= 15 is 0 Å². The van der Waals surface area contributed by atoms with Gasteiger partial charge in [0.2, 0.25) is 0 Å². The van der Waals surface area contributed by atoms with Gasteiger partial charge in [-0.15, -0.1) is 4.57 Å². The lowest BCUT2D eigenvalue weighted by Crippen LogP contribution is -3.00. The Labute approximate surface area is 163 Å². The number of halogens is 2. The van der Waals surface area contributed by atoms with Gasteiger partial charge < -0.3 is 44.4 Å². The minimum Gasteiger partial charge on any atom is -1.00 e. The molecular formula is C15H13Br2N5O3. The largest absolute Gasteiger partial charge is 1.00 e. The van der Waals surface area contributed by atoms with Crippen molar-refractivity contribution in [3.05, 3.63) is 66.2 Å². The number of rotatable bonds is 4. The zero-order chi connectivity index (χ0) is 16.1. The molecule has 0 bridgehead atoms. The van der Waals surface area contributed by atoms with Crippen molar-refractivity contribution in [3.63, 3.8) is 0 Å². The van der Waals surface area contributed by atoms with Crippen molar-refractivity contribution < 1.29 is 58.0 Å². The van der Waals surface area contributed by atoms with E-state index in [9.17, 15) is 0 Å². The number of pyridine rings is 2. The Morgan fingerprint density at radius 3 is 1.80 bits per heavy atom. The maximum atomic E-state index is 8.50. The van der Waals surface area contributed by atoms with Gasteiger partial charge in [0.25, 0.3) is 0 Å². The Balaban J connectivity index is 0.00000156. The Kier molecular flexibility index (Phi) is 7.89. The lowest BCUT2D eigenvalue weighted by molar-refractivity contribution is -0.610. The second kappa shape index (κ2) is 9.64. The Bertz CT molecular complexity index is 778. The summed E-state index contributed by atoms with van der Waals surface area (Å²) in [6, 6.07) is 8.89. The van der Waals surface area contributed by atoms with Crippen LogP contribution in [0.2, 0.25) is 0 Å². The summed E-state index contributed by atoms with van der Waals surface area (Å²) in [5.41, 5.74) is 1.53. The molecule has 3 aromatic rings. The van der Waals surface area contributed by atoms with Crippen LogP contribution in [-0.2, 0) is 0 Å². The zero-order valence-electron chi connectivity index (χ0n) is 12.6. The fraction of sp³-hybridized carbons (Fsp3) is 0. The van der Waals surface area contributed by atoms with Gasteiger partial charge in [-0.05, 0) is 12.1 Å². The average molecular weight is 471 g/mol. The van der Waals surface area contributed by atoms with E-state index in [1.165, 1.54) is 12.4 Å². The van der Waals surface area contributed by atoms with Crippen LogP contribution in [-0.4, -0.2) is 28.0 Å². The molecule has 0 aliphatic carbocycles. The highest BCUT2D eigenvalue weighted by molar-refractivity contribution is 5.78. The summed E-state index contributed by atoms with van der Waals surface area (Å²) in [5, 5.41) is 27.0. The second-order valence-electron chi connectivity index (χ2n) is 4.59. The Morgan fingerprint density at radius 1 is 0.840 bits per heavy atom. The number of nitrogens with zero attached hydrogens (tertiary/aromatic N) is 5. The smallest absolute Gasteiger partial charge is 0.432 e. The van der Waals surface area contributed by atoms with E-state index in [0.717, 1.165) is 11.1 Å². The standard InChI is InChI=1S/C15H11N5O3.2BrH/c21-16-10-12-1-5-19(6-2-12)14-9-15(23-18-14)20-7-3-13(4-8-20)11-17-22;;/h1-11H;2*1H. The summed E-state index contributed by atoms with van der Waals surface area (Å²) in [5.74, 6) is 1.15. The highest BCUT2D eigenvalue weighted by Crippen LogP contribution is 2.04. The van der Waals surface area contributed by atoms with Crippen molar-refractivity contribution in [2.45, 2.75) is 0 Å². The van der Waals surface area contributed by atoms with Crippen LogP contribution in [0, 0.1) is 0 Å². The van der Waals surface area contributed by atoms with E-state index in [0.29, 0.717) is 11.7 Å². The van der Waals surface area contributed by atoms with E-state index < -0.39 is 0 Å². The van der Waals surface area contributed by atoms with Gasteiger partial charge in [0.15, 0.2) is 23.6 Å². The predicted molar refractivity (Wildman–Crippen MR) is 78.3 cm³/mol. The summed E-state index contributed by atoms with van der Waals surface area (Å²) in [6.07, 6.45) is 9.78. The molecule has 0 saturated carbocycles. The fourth-order valence-electron chi connectivity index (χ4n) is 1.98. The number of hydrogen-bond donors (Lipinski definition) is 2. The summed E-state index contributed by atoms with van der Waals surface area (Å²) in [7, 11) is 0. The van der Waals surface area contributed by atoms with Crippen molar-refractivity contribution in [1.29, 1.82) is 0 Å². The molecule has 0 aromatic carbocycles. The third kappa shape index (κ3) is 4.94. The summed E-state index contributed by atoms with van der Waals surface area (Å²) in [6.45, 7) is 0. The lowest BCUT2D eigenvalue weighted by Gasteiger charge is -1.92. The first-order chi connectivity index (χ1) is 11.3. The molecule has 8 nitrogen and oxygen atoms in total. The van der Waals surface area contributed by atoms with E-state index in [4.69, 9.17) is 14.9 Å². The van der Waals surface area contributed by atoms with Crippen molar-refractivity contribution in [1.82, 2.24) is 5.16 Å². The fourth-order valence-corrected chi connectivity index (χ4v) is 1.98. The third-order valence-corrected chi connectivity index (χ3v) is 3.13. The molecule has 25 heavy (non-hydrogen) atoms. The van der Waals surface area contributed by atoms with Gasteiger partial charge >= 0.3 is 11.7 Å². The number of aromatic nitrogens is 3. The van der Waals surface area contributed by atoms with E-state index in [-0.39, 0.29) is 34.0 Å². The molecular weight excluding hydrogens is 458 g/mol. The lowest BCUT2D eigenvalue weighted by atomic mass is 10.3. The minimum absolute atomic E-state index is 0. The van der Waals surface area contributed by atoms with Gasteiger partial charge in [-0.2, -0.15) is 9.09 Å². The molecule has 0 radical (unpaired) electrons. The predicted octanol–water partition coefficient (Wildman–Crippen LogP) is -5.15. The third-order valence-electron chi connectivity index (χ3n) is 3.13. The topological polar surface area (TPSA) is 99.0 Å². The van der Waals surface area contributed by atoms with E-state index in [1.54, 1.807) is 64.3 Å². The average Bonchev–Trinajstić information content (AvgIpc) is 3.07. The molecule has 0 amide bonds. The van der Waals surface area contributed by atoms with Gasteiger partial charge in [0.05, 0.1) is 24.8 Å². The zero-order valence-corrected chi connectivity index (χ0v) is 15.8. The maximum Gasteiger partial charge on any atom is 0.432 e. The first-order valence-corrected chi connectivity index (χ1v) is 6.65. The van der Waals surface area contributed by atoms with Gasteiger partial charge in [0, 0.05) is 23.3 Å². The molecule has 3 aromatic heterocycles. The van der Waals surface area contributed by atoms with Gasteiger partial charge in [-0.25, -0.2) is 0 Å². The minimum atomic E-state index is 0. The molecule has 0 aliphatic rings. The molecule has 0 atom stereocenters. The van der Waals surface area contributed by atoms with Crippen molar-refractivity contribution >= 4 is 12.4 Å². The van der Waals surface area contributed by atoms with Crippen LogP contribution in [0.25, 0.3) is 11.7 Å². The van der Waals surface area contributed by atoms with Crippen LogP contribution >= 0.6 is 0 Å². The molecule has 2 N–H and O–H groups in total. The first-order valence-electron chi connectivity index (χ1n) is 6.65. The summed E-state index contributed by atoms with van der Waals surface area (Å²) < 4.78 is 8.85. The van der Waals surface area contributed by atoms with Crippen molar-refractivity contribution in [2.24, 2.45) is 10.3 Å². The van der Waals surface area contributed by atoms with Gasteiger partial charge in [-0.3, -0.25) is 0 Å². The SMILES string of the molecule is O/N=C/c1cc[n+](-c2cc(-[n+]3ccc(/C=N/O)cc3)on2)cc1.[Br-].[Br-]. The monoisotopic (exact) mass is 469 g/mol. The normalized spacial score (nSPS) is 10.6. The Hall–Kier alpha value is -2.59. The van der Waals surface area contributed by atoms with E-state index in [2.05, 4.69) is 15.5 Å². The molecule has 0 aliphatic heterocycles. The molecule has 0 saturated heterocycles. The molecule has 130 valence electrons. The molecule has 0 fully saturated rings. The Morgan fingerprint density at radius 2 is 1.32 bits per heavy atom. The highest BCUT2D eigenvalue weighted by Gasteiger charge is 2.21. The summed E-state index contributed by atoms with van der Waals surface area (Å²) in [4.78, 5) is 0. The highest BCUT2D eigenvalue weighted by atomic mass is 79.9. The van der Waals surface area contributed by atoms with Crippen LogP contribution in [0.5, 0.6) is 0 Å². The quantitative estimate of drug-likeness (QED) is 0.172. The van der Waals surface area contributed by atoms with Crippen molar-refractivity contribution in [3.8, 4) is 11.7 Å². The molecule has 10 heteroatoms. The van der Waals surface area contributed by atoms with Crippen LogP contribution in [0.4, 0.5) is 0 Å². The second-order valence-corrected chi connectivity index (χ2v) is 4.59. The van der Waals surface area contributed by atoms with Crippen molar-refractivity contribution in [2.75, 3.05) is 0 Å². The van der Waals surface area contributed by atoms with Crippen LogP contribution in [0.15, 0.2) is 70.0 Å². The van der Waals surface area contributed by atoms with Crippen LogP contribution in [0.1, 0.15) is 11.1 Å². The van der Waals surface area contributed by atoms with Gasteiger partial charge in [-0.1, -0.05) is 10.3 Å². The molecule has 0 spiro atoms. The van der Waals surface area contributed by atoms with Gasteiger partial charge in [0.1, 0.15) is 0 Å². The molecule has 3 rings (SSSR count). The maximum absolute atomic E-state index is 8.50. The van der Waals surface area contributed by atoms with Crippen LogP contribution in [0.3, 0.4) is 0 Å². The number of oxime groups is 2. The molecule has 3 heterocycles. The summed E-state index contributed by atoms with van der Waals surface area (Å²) >= 11 is 0. The van der Waals surface area contributed by atoms with Crippen LogP contribution < -0.4 is 43.1 Å².